The van der Waals surface area contributed by atoms with Crippen LogP contribution in [0.25, 0.3) is 5.57 Å². The van der Waals surface area contributed by atoms with Crippen LogP contribution in [-0.2, 0) is 4.79 Å². The van der Waals surface area contributed by atoms with Crippen molar-refractivity contribution in [1.82, 2.24) is 0 Å². The maximum atomic E-state index is 12.7. The number of carbonyl (C=O) groups excluding carboxylic acids is 1. The minimum absolute atomic E-state index is 0.218. The Kier molecular flexibility index (Phi) is 2.95. The van der Waals surface area contributed by atoms with Crippen molar-refractivity contribution in [3.8, 4) is 0 Å². The molecule has 0 fully saturated rings. The highest BCUT2D eigenvalue weighted by molar-refractivity contribution is 5.71. The Hall–Kier alpha value is -1.44. The van der Waals surface area contributed by atoms with Crippen molar-refractivity contribution in [3.63, 3.8) is 0 Å². The molecule has 1 aliphatic rings. The van der Waals surface area contributed by atoms with Crippen LogP contribution in [0.1, 0.15) is 24.8 Å². The van der Waals surface area contributed by atoms with E-state index in [9.17, 15) is 9.18 Å². The summed E-state index contributed by atoms with van der Waals surface area (Å²) in [6.45, 7) is 0. The fourth-order valence-corrected chi connectivity index (χ4v) is 2.12. The monoisotopic (exact) mass is 204 g/mol. The Labute approximate surface area is 88.6 Å². The number of carbonyl (C=O) groups is 1. The highest BCUT2D eigenvalue weighted by Crippen LogP contribution is 2.35. The third-order valence-corrected chi connectivity index (χ3v) is 2.88. The molecule has 0 bridgehead atoms. The van der Waals surface area contributed by atoms with E-state index < -0.39 is 0 Å². The van der Waals surface area contributed by atoms with Crippen molar-refractivity contribution >= 4 is 11.9 Å². The van der Waals surface area contributed by atoms with Gasteiger partial charge in [-0.15, -0.1) is 0 Å². The maximum Gasteiger partial charge on any atom is 0.123 e. The number of allylic oxidation sites excluding steroid dienone is 2. The molecule has 78 valence electrons. The molecule has 0 unspecified atom stereocenters. The van der Waals surface area contributed by atoms with Gasteiger partial charge in [-0.25, -0.2) is 4.39 Å². The first-order valence-electron chi connectivity index (χ1n) is 5.21. The van der Waals surface area contributed by atoms with Crippen molar-refractivity contribution in [1.29, 1.82) is 0 Å². The quantitative estimate of drug-likeness (QED) is 0.691. The van der Waals surface area contributed by atoms with Gasteiger partial charge in [0.25, 0.3) is 0 Å². The van der Waals surface area contributed by atoms with Crippen LogP contribution in [-0.4, -0.2) is 6.29 Å². The third kappa shape index (κ3) is 2.14. The van der Waals surface area contributed by atoms with E-state index in [2.05, 4.69) is 6.08 Å². The van der Waals surface area contributed by atoms with E-state index in [4.69, 9.17) is 0 Å². The normalized spacial score (nSPS) is 20.1. The fourth-order valence-electron chi connectivity index (χ4n) is 2.12. The van der Waals surface area contributed by atoms with E-state index in [0.717, 1.165) is 24.7 Å². The van der Waals surface area contributed by atoms with Crippen LogP contribution in [0.4, 0.5) is 4.39 Å². The molecule has 0 heterocycles. The molecule has 2 heteroatoms. The lowest BCUT2D eigenvalue weighted by Crippen LogP contribution is -1.99. The first-order chi connectivity index (χ1) is 7.31. The van der Waals surface area contributed by atoms with Crippen LogP contribution in [0.2, 0.25) is 0 Å². The summed E-state index contributed by atoms with van der Waals surface area (Å²) in [6.07, 6.45) is 5.74. The second-order valence-corrected chi connectivity index (χ2v) is 3.84. The van der Waals surface area contributed by atoms with E-state index in [1.54, 1.807) is 12.1 Å². The van der Waals surface area contributed by atoms with Gasteiger partial charge in [-0.2, -0.15) is 0 Å². The Morgan fingerprint density at radius 3 is 2.73 bits per heavy atom. The summed E-state index contributed by atoms with van der Waals surface area (Å²) in [5.41, 5.74) is 2.24. The summed E-state index contributed by atoms with van der Waals surface area (Å²) in [6, 6.07) is 6.49. The molecule has 0 saturated carbocycles. The van der Waals surface area contributed by atoms with Crippen molar-refractivity contribution in [3.05, 3.63) is 41.7 Å². The molecule has 2 rings (SSSR count). The highest BCUT2D eigenvalue weighted by Gasteiger charge is 2.19. The van der Waals surface area contributed by atoms with Crippen LogP contribution in [0.3, 0.4) is 0 Å². The van der Waals surface area contributed by atoms with Gasteiger partial charge in [0, 0.05) is 6.42 Å². The molecule has 0 aliphatic heterocycles. The predicted octanol–water partition coefficient (Wildman–Crippen LogP) is 3.21. The first kappa shape index (κ1) is 10.1. The maximum absolute atomic E-state index is 12.7. The molecule has 0 N–H and O–H groups in total. The van der Waals surface area contributed by atoms with E-state index >= 15 is 0 Å². The molecule has 1 atom stereocenters. The lowest BCUT2D eigenvalue weighted by Gasteiger charge is -2.11. The number of halogens is 1. The van der Waals surface area contributed by atoms with Crippen LogP contribution >= 0.6 is 0 Å². The van der Waals surface area contributed by atoms with Crippen LogP contribution in [0.15, 0.2) is 30.3 Å². The van der Waals surface area contributed by atoms with Crippen LogP contribution in [0, 0.1) is 11.7 Å². The number of hydrogen-bond acceptors (Lipinski definition) is 1. The first-order valence-corrected chi connectivity index (χ1v) is 5.21. The minimum atomic E-state index is -0.218. The van der Waals surface area contributed by atoms with Crippen LogP contribution < -0.4 is 0 Å². The molecule has 1 nitrogen and oxygen atoms in total. The van der Waals surface area contributed by atoms with Gasteiger partial charge in [-0.1, -0.05) is 18.2 Å². The topological polar surface area (TPSA) is 17.1 Å². The molecule has 0 aromatic heterocycles. The Balaban J connectivity index is 2.22. The summed E-state index contributed by atoms with van der Waals surface area (Å²) >= 11 is 0. The molecule has 1 aromatic rings. The molecule has 0 saturated heterocycles. The molecule has 1 aromatic carbocycles. The van der Waals surface area contributed by atoms with Gasteiger partial charge in [-0.3, -0.25) is 0 Å². The molecule has 15 heavy (non-hydrogen) atoms. The number of rotatable bonds is 3. The van der Waals surface area contributed by atoms with Gasteiger partial charge in [0.1, 0.15) is 12.1 Å². The van der Waals surface area contributed by atoms with Crippen LogP contribution in [0.5, 0.6) is 0 Å². The summed E-state index contributed by atoms with van der Waals surface area (Å²) in [7, 11) is 0. The number of benzene rings is 1. The van der Waals surface area contributed by atoms with Gasteiger partial charge >= 0.3 is 0 Å². The van der Waals surface area contributed by atoms with E-state index in [0.29, 0.717) is 12.3 Å². The summed E-state index contributed by atoms with van der Waals surface area (Å²) in [5, 5.41) is 0. The zero-order valence-electron chi connectivity index (χ0n) is 8.45. The van der Waals surface area contributed by atoms with Crippen molar-refractivity contribution in [2.45, 2.75) is 19.3 Å². The number of aldehydes is 1. The van der Waals surface area contributed by atoms with Gasteiger partial charge in [-0.05, 0) is 42.0 Å². The van der Waals surface area contributed by atoms with Crippen molar-refractivity contribution < 1.29 is 9.18 Å². The Morgan fingerprint density at radius 2 is 2.07 bits per heavy atom. The minimum Gasteiger partial charge on any atom is -0.303 e. The number of hydrogen-bond donors (Lipinski definition) is 0. The lowest BCUT2D eigenvalue weighted by molar-refractivity contribution is -0.108. The van der Waals surface area contributed by atoms with Gasteiger partial charge in [0.2, 0.25) is 0 Å². The highest BCUT2D eigenvalue weighted by atomic mass is 19.1. The Bertz CT molecular complexity index is 378. The summed E-state index contributed by atoms with van der Waals surface area (Å²) < 4.78 is 12.7. The molecular weight excluding hydrogens is 191 g/mol. The van der Waals surface area contributed by atoms with Gasteiger partial charge in [0.15, 0.2) is 0 Å². The smallest absolute Gasteiger partial charge is 0.123 e. The summed E-state index contributed by atoms with van der Waals surface area (Å²) in [5.74, 6) is 0.109. The average Bonchev–Trinajstić information content (AvgIpc) is 2.68. The molecule has 0 spiro atoms. The second kappa shape index (κ2) is 4.39. The molecule has 1 aliphatic carbocycles. The lowest BCUT2D eigenvalue weighted by atomic mass is 9.93. The standard InChI is InChI=1S/C13H13FO/c14-12-6-4-11(5-7-12)13-3-1-2-10(13)8-9-15/h3-7,9-10H,1-2,8H2/t10-/m1/s1. The molecule has 0 amide bonds. The van der Waals surface area contributed by atoms with Gasteiger partial charge in [0.05, 0.1) is 0 Å². The Morgan fingerprint density at radius 1 is 1.33 bits per heavy atom. The SMILES string of the molecule is O=CC[C@H]1CCC=C1c1ccc(F)cc1. The molecular formula is C13H13FO. The zero-order valence-corrected chi connectivity index (χ0v) is 8.45. The van der Waals surface area contributed by atoms with E-state index in [1.165, 1.54) is 17.7 Å². The average molecular weight is 204 g/mol. The van der Waals surface area contributed by atoms with E-state index in [1.807, 2.05) is 0 Å². The molecule has 0 radical (unpaired) electrons. The van der Waals surface area contributed by atoms with Crippen molar-refractivity contribution in [2.24, 2.45) is 5.92 Å². The van der Waals surface area contributed by atoms with Crippen molar-refractivity contribution in [2.75, 3.05) is 0 Å². The van der Waals surface area contributed by atoms with E-state index in [-0.39, 0.29) is 5.82 Å². The summed E-state index contributed by atoms with van der Waals surface area (Å²) in [4.78, 5) is 10.5. The predicted molar refractivity (Wildman–Crippen MR) is 57.8 cm³/mol. The third-order valence-electron chi connectivity index (χ3n) is 2.88. The second-order valence-electron chi connectivity index (χ2n) is 3.84. The largest absolute Gasteiger partial charge is 0.303 e. The fraction of sp³-hybridized carbons (Fsp3) is 0.308. The van der Waals surface area contributed by atoms with Gasteiger partial charge < -0.3 is 4.79 Å². The zero-order chi connectivity index (χ0) is 10.7.